The van der Waals surface area contributed by atoms with E-state index < -0.39 is 40.9 Å². The molecule has 0 aliphatic rings. The normalized spacial score (nSPS) is 12.3. The van der Waals surface area contributed by atoms with Crippen molar-refractivity contribution in [3.63, 3.8) is 0 Å². The number of anilines is 2. The lowest BCUT2D eigenvalue weighted by atomic mass is 10.2. The molecule has 0 aliphatic carbocycles. The number of carbonyl (C=O) groups excluding carboxylic acids is 2. The van der Waals surface area contributed by atoms with Gasteiger partial charge in [-0.15, -0.1) is 0 Å². The van der Waals surface area contributed by atoms with E-state index in [1.54, 1.807) is 25.3 Å². The van der Waals surface area contributed by atoms with Crippen LogP contribution in [0.5, 0.6) is 0 Å². The number of para-hydroxylation sites is 1. The zero-order valence-corrected chi connectivity index (χ0v) is 18.1. The molecule has 2 heterocycles. The number of rotatable bonds is 6. The van der Waals surface area contributed by atoms with E-state index >= 15 is 0 Å². The number of halogens is 4. The molecule has 35 heavy (non-hydrogen) atoms. The number of hydrogen-bond acceptors (Lipinski definition) is 4. The molecule has 0 radical (unpaired) electrons. The fraction of sp³-hybridized carbons (Fsp3) is 0.130. The first-order chi connectivity index (χ1) is 16.6. The number of hydrogen-bond donors (Lipinski definition) is 2. The molecular formula is C23H18F4N6O2. The van der Waals surface area contributed by atoms with Gasteiger partial charge in [0.05, 0.1) is 11.8 Å². The zero-order valence-electron chi connectivity index (χ0n) is 18.1. The number of alkyl halides is 3. The first-order valence-corrected chi connectivity index (χ1v) is 10.3. The number of benzene rings is 2. The topological polar surface area (TPSA) is 93.8 Å². The molecule has 1 atom stereocenters. The Morgan fingerprint density at radius 2 is 1.69 bits per heavy atom. The van der Waals surface area contributed by atoms with E-state index in [1.807, 2.05) is 0 Å². The van der Waals surface area contributed by atoms with Gasteiger partial charge in [-0.3, -0.25) is 14.3 Å². The van der Waals surface area contributed by atoms with Gasteiger partial charge in [0.15, 0.2) is 5.69 Å². The Labute approximate surface area is 196 Å². The lowest BCUT2D eigenvalue weighted by Gasteiger charge is -2.14. The molecule has 0 spiro atoms. The van der Waals surface area contributed by atoms with Gasteiger partial charge in [0.2, 0.25) is 5.91 Å². The van der Waals surface area contributed by atoms with E-state index in [0.717, 1.165) is 18.3 Å². The average Bonchev–Trinajstić information content (AvgIpc) is 3.49. The van der Waals surface area contributed by atoms with Gasteiger partial charge >= 0.3 is 6.18 Å². The smallest absolute Gasteiger partial charge is 0.324 e. The molecule has 180 valence electrons. The Bertz CT molecular complexity index is 1360. The summed E-state index contributed by atoms with van der Waals surface area (Å²) in [6.45, 7) is 1.64. The highest BCUT2D eigenvalue weighted by molar-refractivity contribution is 6.05. The molecule has 12 heteroatoms. The molecule has 4 rings (SSSR count). The second kappa shape index (κ2) is 9.41. The summed E-state index contributed by atoms with van der Waals surface area (Å²) < 4.78 is 57.4. The van der Waals surface area contributed by atoms with Gasteiger partial charge in [0.1, 0.15) is 17.5 Å². The maximum atomic E-state index is 14.1. The van der Waals surface area contributed by atoms with Crippen molar-refractivity contribution in [2.75, 3.05) is 10.6 Å². The van der Waals surface area contributed by atoms with Crippen LogP contribution < -0.4 is 10.6 Å². The summed E-state index contributed by atoms with van der Waals surface area (Å²) in [7, 11) is 0. The van der Waals surface area contributed by atoms with Crippen molar-refractivity contribution < 1.29 is 27.2 Å². The summed E-state index contributed by atoms with van der Waals surface area (Å²) in [6.07, 6.45) is -1.12. The Morgan fingerprint density at radius 1 is 0.971 bits per heavy atom. The quantitative estimate of drug-likeness (QED) is 0.387. The monoisotopic (exact) mass is 486 g/mol. The minimum absolute atomic E-state index is 0.131. The van der Waals surface area contributed by atoms with Crippen LogP contribution in [0.3, 0.4) is 0 Å². The highest BCUT2D eigenvalue weighted by Crippen LogP contribution is 2.34. The van der Waals surface area contributed by atoms with Crippen LogP contribution >= 0.6 is 0 Å². The second-order valence-corrected chi connectivity index (χ2v) is 7.45. The van der Waals surface area contributed by atoms with Gasteiger partial charge in [0, 0.05) is 23.8 Å². The SMILES string of the molecule is CC(C(=O)Nc1cccc(NC(=O)c2cnn(-c3ccccc3F)c2C(F)(F)F)c1)n1cccn1. The van der Waals surface area contributed by atoms with Crippen LogP contribution in [0.15, 0.2) is 73.2 Å². The molecule has 2 amide bonds. The standard InChI is InChI=1S/C23H18F4N6O2/c1-14(32-11-5-10-28-32)21(34)30-15-6-4-7-16(12-15)31-22(35)17-13-29-33(20(17)23(25,26)27)19-9-3-2-8-18(19)24/h2-14H,1H3,(H,30,34)(H,31,35). The average molecular weight is 486 g/mol. The van der Waals surface area contributed by atoms with Gasteiger partial charge in [0.25, 0.3) is 5.91 Å². The highest BCUT2D eigenvalue weighted by Gasteiger charge is 2.41. The predicted octanol–water partition coefficient (Wildman–Crippen LogP) is 4.68. The van der Waals surface area contributed by atoms with E-state index in [9.17, 15) is 27.2 Å². The van der Waals surface area contributed by atoms with Crippen LogP contribution in [0.25, 0.3) is 5.69 Å². The lowest BCUT2D eigenvalue weighted by molar-refractivity contribution is -0.143. The van der Waals surface area contributed by atoms with Crippen LogP contribution in [-0.4, -0.2) is 31.4 Å². The van der Waals surface area contributed by atoms with Crippen molar-refractivity contribution >= 4 is 23.2 Å². The van der Waals surface area contributed by atoms with Gasteiger partial charge in [-0.2, -0.15) is 23.4 Å². The first kappa shape index (κ1) is 23.7. The van der Waals surface area contributed by atoms with Gasteiger partial charge < -0.3 is 10.6 Å². The summed E-state index contributed by atoms with van der Waals surface area (Å²) in [4.78, 5) is 25.2. The van der Waals surface area contributed by atoms with Gasteiger partial charge in [-0.05, 0) is 43.3 Å². The third kappa shape index (κ3) is 5.05. The fourth-order valence-electron chi connectivity index (χ4n) is 3.34. The van der Waals surface area contributed by atoms with Crippen LogP contribution in [0, 0.1) is 5.82 Å². The van der Waals surface area contributed by atoms with Crippen molar-refractivity contribution in [2.24, 2.45) is 0 Å². The van der Waals surface area contributed by atoms with Crippen molar-refractivity contribution in [1.82, 2.24) is 19.6 Å². The third-order valence-electron chi connectivity index (χ3n) is 5.05. The molecule has 0 bridgehead atoms. The van der Waals surface area contributed by atoms with E-state index in [2.05, 4.69) is 20.8 Å². The Hall–Kier alpha value is -4.48. The molecule has 0 saturated heterocycles. The van der Waals surface area contributed by atoms with Gasteiger partial charge in [-0.25, -0.2) is 9.07 Å². The highest BCUT2D eigenvalue weighted by atomic mass is 19.4. The summed E-state index contributed by atoms with van der Waals surface area (Å²) >= 11 is 0. The summed E-state index contributed by atoms with van der Waals surface area (Å²) in [6, 6.07) is 11.7. The van der Waals surface area contributed by atoms with Gasteiger partial charge in [-0.1, -0.05) is 18.2 Å². The first-order valence-electron chi connectivity index (χ1n) is 10.3. The van der Waals surface area contributed by atoms with Crippen molar-refractivity contribution in [3.8, 4) is 5.69 Å². The Balaban J connectivity index is 1.57. The van der Waals surface area contributed by atoms with Crippen LogP contribution in [-0.2, 0) is 11.0 Å². The van der Waals surface area contributed by atoms with Crippen LogP contribution in [0.1, 0.15) is 29.0 Å². The number of carbonyl (C=O) groups is 2. The van der Waals surface area contributed by atoms with Crippen LogP contribution in [0.2, 0.25) is 0 Å². The number of nitrogens with one attached hydrogen (secondary N) is 2. The Kier molecular flexibility index (Phi) is 6.36. The van der Waals surface area contributed by atoms with E-state index in [4.69, 9.17) is 0 Å². The molecule has 2 aromatic heterocycles. The maximum absolute atomic E-state index is 14.1. The lowest BCUT2D eigenvalue weighted by Crippen LogP contribution is -2.24. The molecule has 2 aromatic carbocycles. The zero-order chi connectivity index (χ0) is 25.2. The molecule has 8 nitrogen and oxygen atoms in total. The number of amides is 2. The minimum Gasteiger partial charge on any atom is -0.324 e. The van der Waals surface area contributed by atoms with Crippen molar-refractivity contribution in [3.05, 3.63) is 90.3 Å². The Morgan fingerprint density at radius 3 is 2.34 bits per heavy atom. The summed E-state index contributed by atoms with van der Waals surface area (Å²) in [5.74, 6) is -2.42. The molecule has 2 N–H and O–H groups in total. The minimum atomic E-state index is -5.00. The summed E-state index contributed by atoms with van der Waals surface area (Å²) in [5.41, 5.74) is -2.22. The molecule has 0 fully saturated rings. The number of nitrogens with zero attached hydrogens (tertiary/aromatic N) is 4. The maximum Gasteiger partial charge on any atom is 0.434 e. The molecule has 0 saturated carbocycles. The molecule has 4 aromatic rings. The summed E-state index contributed by atoms with van der Waals surface area (Å²) in [5, 5.41) is 12.6. The van der Waals surface area contributed by atoms with Crippen molar-refractivity contribution in [1.29, 1.82) is 0 Å². The van der Waals surface area contributed by atoms with E-state index in [-0.39, 0.29) is 11.6 Å². The predicted molar refractivity (Wildman–Crippen MR) is 118 cm³/mol. The largest absolute Gasteiger partial charge is 0.434 e. The molecular weight excluding hydrogens is 468 g/mol. The van der Waals surface area contributed by atoms with Crippen LogP contribution in [0.4, 0.5) is 28.9 Å². The fourth-order valence-corrected chi connectivity index (χ4v) is 3.34. The third-order valence-corrected chi connectivity index (χ3v) is 5.05. The van der Waals surface area contributed by atoms with E-state index in [0.29, 0.717) is 10.4 Å². The van der Waals surface area contributed by atoms with E-state index in [1.165, 1.54) is 41.2 Å². The number of aromatic nitrogens is 4. The second-order valence-electron chi connectivity index (χ2n) is 7.45. The van der Waals surface area contributed by atoms with Crippen molar-refractivity contribution in [2.45, 2.75) is 19.1 Å². The molecule has 0 aliphatic heterocycles. The molecule has 1 unspecified atom stereocenters.